The van der Waals surface area contributed by atoms with E-state index in [4.69, 9.17) is 4.74 Å². The monoisotopic (exact) mass is 411 g/mol. The summed E-state index contributed by atoms with van der Waals surface area (Å²) >= 11 is 0. The lowest BCUT2D eigenvalue weighted by Gasteiger charge is -2.15. The van der Waals surface area contributed by atoms with Crippen molar-refractivity contribution in [2.45, 2.75) is 32.9 Å². The number of esters is 1. The zero-order chi connectivity index (χ0) is 21.8. The van der Waals surface area contributed by atoms with Gasteiger partial charge in [-0.1, -0.05) is 30.3 Å². The average Bonchev–Trinajstić information content (AvgIpc) is 2.72. The van der Waals surface area contributed by atoms with E-state index in [1.165, 1.54) is 16.8 Å². The minimum Gasteiger partial charge on any atom is -0.451 e. The molecule has 3 aromatic rings. The molecule has 156 valence electrons. The Labute approximate surface area is 172 Å². The van der Waals surface area contributed by atoms with Crippen LogP contribution < -0.4 is 10.9 Å². The van der Waals surface area contributed by atoms with Gasteiger partial charge in [-0.05, 0) is 44.5 Å². The van der Waals surface area contributed by atoms with E-state index in [0.717, 1.165) is 0 Å². The van der Waals surface area contributed by atoms with E-state index in [-0.39, 0.29) is 23.1 Å². The molecule has 0 saturated heterocycles. The number of carbonyl (C=O) groups is 2. The summed E-state index contributed by atoms with van der Waals surface area (Å²) in [5, 5.41) is 7.56. The van der Waals surface area contributed by atoms with Gasteiger partial charge in [0.1, 0.15) is 5.82 Å². The van der Waals surface area contributed by atoms with E-state index in [2.05, 4.69) is 10.4 Å². The third-order valence-corrected chi connectivity index (χ3v) is 4.59. The van der Waals surface area contributed by atoms with Crippen LogP contribution >= 0.6 is 0 Å². The second-order valence-electron chi connectivity index (χ2n) is 7.15. The van der Waals surface area contributed by atoms with Crippen LogP contribution in [0.15, 0.2) is 53.3 Å². The number of hydrogen-bond acceptors (Lipinski definition) is 5. The van der Waals surface area contributed by atoms with E-state index in [9.17, 15) is 18.8 Å². The number of benzene rings is 2. The van der Waals surface area contributed by atoms with Gasteiger partial charge in [0.15, 0.2) is 12.3 Å². The van der Waals surface area contributed by atoms with E-state index < -0.39 is 24.5 Å². The lowest BCUT2D eigenvalue weighted by Crippen LogP contribution is -2.32. The molecule has 0 spiro atoms. The van der Waals surface area contributed by atoms with Gasteiger partial charge in [0, 0.05) is 5.39 Å². The highest BCUT2D eigenvalue weighted by Gasteiger charge is 2.20. The summed E-state index contributed by atoms with van der Waals surface area (Å²) < 4.78 is 19.4. The number of nitrogens with one attached hydrogen (secondary N) is 1. The van der Waals surface area contributed by atoms with Gasteiger partial charge >= 0.3 is 5.97 Å². The van der Waals surface area contributed by atoms with Crippen LogP contribution in [0.25, 0.3) is 10.8 Å². The number of halogens is 1. The molecule has 0 saturated carbocycles. The second kappa shape index (κ2) is 8.86. The summed E-state index contributed by atoms with van der Waals surface area (Å²) in [6.45, 7) is 4.78. The van der Waals surface area contributed by atoms with Crippen LogP contribution in [0.3, 0.4) is 0 Å². The van der Waals surface area contributed by atoms with Gasteiger partial charge in [0.2, 0.25) is 0 Å². The molecule has 0 unspecified atom stereocenters. The molecule has 0 fully saturated rings. The van der Waals surface area contributed by atoms with E-state index in [1.807, 2.05) is 0 Å². The molecule has 1 heterocycles. The lowest BCUT2D eigenvalue weighted by atomic mass is 10.1. The standard InChI is InChI=1S/C22H22FN3O4/c1-13(2)26-21(28)18-7-5-4-6-17(18)20(25-26)22(29)30-12-19(27)24-14(3)15-8-10-16(23)11-9-15/h4-11,13-14H,12H2,1-3H3,(H,24,27)/t14-/m0/s1. The molecule has 3 rings (SSSR count). The zero-order valence-corrected chi connectivity index (χ0v) is 16.9. The average molecular weight is 411 g/mol. The van der Waals surface area contributed by atoms with Crippen LogP contribution in [0.1, 0.15) is 48.9 Å². The number of rotatable bonds is 6. The molecule has 1 amide bonds. The van der Waals surface area contributed by atoms with Crippen molar-refractivity contribution in [2.75, 3.05) is 6.61 Å². The van der Waals surface area contributed by atoms with Crippen molar-refractivity contribution >= 4 is 22.6 Å². The lowest BCUT2D eigenvalue weighted by molar-refractivity contribution is -0.124. The molecule has 1 N–H and O–H groups in total. The Balaban J connectivity index is 1.74. The highest BCUT2D eigenvalue weighted by atomic mass is 19.1. The van der Waals surface area contributed by atoms with E-state index >= 15 is 0 Å². The van der Waals surface area contributed by atoms with Gasteiger partial charge in [0.25, 0.3) is 11.5 Å². The number of fused-ring (bicyclic) bond motifs is 1. The first-order chi connectivity index (χ1) is 14.3. The van der Waals surface area contributed by atoms with Crippen molar-refractivity contribution in [2.24, 2.45) is 0 Å². The second-order valence-corrected chi connectivity index (χ2v) is 7.15. The summed E-state index contributed by atoms with van der Waals surface area (Å²) in [4.78, 5) is 37.4. The molecule has 0 radical (unpaired) electrons. The van der Waals surface area contributed by atoms with Gasteiger partial charge in [-0.15, -0.1) is 0 Å². The van der Waals surface area contributed by atoms with Gasteiger partial charge in [-0.2, -0.15) is 5.10 Å². The van der Waals surface area contributed by atoms with E-state index in [1.54, 1.807) is 57.2 Å². The third-order valence-electron chi connectivity index (χ3n) is 4.59. The predicted octanol–water partition coefficient (Wildman–Crippen LogP) is 3.15. The molecule has 1 aromatic heterocycles. The summed E-state index contributed by atoms with van der Waals surface area (Å²) in [7, 11) is 0. The highest BCUT2D eigenvalue weighted by Crippen LogP contribution is 2.16. The summed E-state index contributed by atoms with van der Waals surface area (Å²) in [5.74, 6) is -1.68. The van der Waals surface area contributed by atoms with Crippen molar-refractivity contribution in [3.8, 4) is 0 Å². The normalized spacial score (nSPS) is 12.0. The maximum Gasteiger partial charge on any atom is 0.359 e. The fraction of sp³-hybridized carbons (Fsp3) is 0.273. The van der Waals surface area contributed by atoms with Crippen LogP contribution in [0.4, 0.5) is 4.39 Å². The number of carbonyl (C=O) groups excluding carboxylic acids is 2. The molecular formula is C22H22FN3O4. The highest BCUT2D eigenvalue weighted by molar-refractivity contribution is 6.02. The summed E-state index contributed by atoms with van der Waals surface area (Å²) in [6, 6.07) is 11.7. The Hall–Kier alpha value is -3.55. The fourth-order valence-electron chi connectivity index (χ4n) is 3.02. The number of amides is 1. The molecule has 0 aliphatic rings. The predicted molar refractivity (Wildman–Crippen MR) is 110 cm³/mol. The molecule has 0 bridgehead atoms. The van der Waals surface area contributed by atoms with Crippen LogP contribution in [-0.4, -0.2) is 28.3 Å². The first-order valence-electron chi connectivity index (χ1n) is 9.51. The van der Waals surface area contributed by atoms with Crippen LogP contribution in [0.2, 0.25) is 0 Å². The van der Waals surface area contributed by atoms with Crippen LogP contribution in [0, 0.1) is 5.82 Å². The number of nitrogens with zero attached hydrogens (tertiary/aromatic N) is 2. The van der Waals surface area contributed by atoms with Crippen molar-refractivity contribution < 1.29 is 18.7 Å². The number of hydrogen-bond donors (Lipinski definition) is 1. The summed E-state index contributed by atoms with van der Waals surface area (Å²) in [6.07, 6.45) is 0. The molecule has 0 aliphatic carbocycles. The largest absolute Gasteiger partial charge is 0.451 e. The molecule has 8 heteroatoms. The molecule has 30 heavy (non-hydrogen) atoms. The smallest absolute Gasteiger partial charge is 0.359 e. The molecule has 2 aromatic carbocycles. The Kier molecular flexibility index (Phi) is 6.25. The number of aromatic nitrogens is 2. The molecule has 1 atom stereocenters. The van der Waals surface area contributed by atoms with Gasteiger partial charge in [-0.3, -0.25) is 9.59 Å². The van der Waals surface area contributed by atoms with Crippen molar-refractivity contribution in [3.63, 3.8) is 0 Å². The Morgan fingerprint density at radius 3 is 2.33 bits per heavy atom. The zero-order valence-electron chi connectivity index (χ0n) is 16.9. The maximum atomic E-state index is 13.0. The van der Waals surface area contributed by atoms with Crippen molar-refractivity contribution in [3.05, 3.63) is 76.0 Å². The van der Waals surface area contributed by atoms with Gasteiger partial charge < -0.3 is 10.1 Å². The first-order valence-corrected chi connectivity index (χ1v) is 9.51. The SMILES string of the molecule is CC(C)n1nc(C(=O)OCC(=O)N[C@@H](C)c2ccc(F)cc2)c2ccccc2c1=O. The van der Waals surface area contributed by atoms with Crippen molar-refractivity contribution in [1.29, 1.82) is 0 Å². The Bertz CT molecular complexity index is 1140. The molecule has 0 aliphatic heterocycles. The Morgan fingerprint density at radius 2 is 1.70 bits per heavy atom. The quantitative estimate of drug-likeness (QED) is 0.630. The minimum atomic E-state index is -0.801. The Morgan fingerprint density at radius 1 is 1.07 bits per heavy atom. The van der Waals surface area contributed by atoms with Crippen molar-refractivity contribution in [1.82, 2.24) is 15.1 Å². The topological polar surface area (TPSA) is 90.3 Å². The number of ether oxygens (including phenoxy) is 1. The third kappa shape index (κ3) is 4.53. The van der Waals surface area contributed by atoms with Crippen LogP contribution in [-0.2, 0) is 9.53 Å². The summed E-state index contributed by atoms with van der Waals surface area (Å²) in [5.41, 5.74) is 0.383. The molecular weight excluding hydrogens is 389 g/mol. The fourth-order valence-corrected chi connectivity index (χ4v) is 3.02. The maximum absolute atomic E-state index is 13.0. The first kappa shape index (κ1) is 21.2. The van der Waals surface area contributed by atoms with Gasteiger partial charge in [0.05, 0.1) is 17.5 Å². The molecule has 7 nitrogen and oxygen atoms in total. The minimum absolute atomic E-state index is 0.0294. The van der Waals surface area contributed by atoms with Crippen LogP contribution in [0.5, 0.6) is 0 Å². The van der Waals surface area contributed by atoms with E-state index in [0.29, 0.717) is 16.3 Å². The van der Waals surface area contributed by atoms with Gasteiger partial charge in [-0.25, -0.2) is 13.9 Å².